The number of nitrogens with zero attached hydrogens (tertiary/aromatic N) is 4. The number of likely N-dealkylation sites (tertiary alicyclic amines) is 1. The van der Waals surface area contributed by atoms with Crippen molar-refractivity contribution in [2.24, 2.45) is 0 Å². The van der Waals surface area contributed by atoms with E-state index in [4.69, 9.17) is 4.74 Å². The number of aliphatic hydroxyl groups excluding tert-OH is 1. The monoisotopic (exact) mass is 452 g/mol. The van der Waals surface area contributed by atoms with Crippen LogP contribution in [0.25, 0.3) is 5.76 Å². The van der Waals surface area contributed by atoms with E-state index in [0.717, 1.165) is 12.1 Å². The molecule has 1 aliphatic rings. The fourth-order valence-electron chi connectivity index (χ4n) is 3.98. The van der Waals surface area contributed by atoms with Crippen molar-refractivity contribution in [1.82, 2.24) is 19.8 Å². The number of hydrogen-bond acceptors (Lipinski definition) is 7. The van der Waals surface area contributed by atoms with E-state index in [1.54, 1.807) is 18.7 Å². The SMILES string of the molecule is Cc1ncc(C(O)=C2C(=O)C(=O)N(CCCN(C)C)C2c2ccc(OC(C)C)cc2)c(C)n1. The van der Waals surface area contributed by atoms with Crippen LogP contribution in [-0.4, -0.2) is 69.9 Å². The number of aryl methyl sites for hydroxylation is 2. The van der Waals surface area contributed by atoms with Gasteiger partial charge in [-0.05, 0) is 72.5 Å². The molecule has 0 aliphatic carbocycles. The van der Waals surface area contributed by atoms with Crippen molar-refractivity contribution in [2.45, 2.75) is 46.3 Å². The lowest BCUT2D eigenvalue weighted by atomic mass is 9.95. The molecule has 0 spiro atoms. The van der Waals surface area contributed by atoms with Crippen molar-refractivity contribution in [3.8, 4) is 5.75 Å². The largest absolute Gasteiger partial charge is 0.507 e. The number of aromatic nitrogens is 2. The van der Waals surface area contributed by atoms with Crippen molar-refractivity contribution in [1.29, 1.82) is 0 Å². The lowest BCUT2D eigenvalue weighted by Crippen LogP contribution is -2.32. The van der Waals surface area contributed by atoms with Crippen LogP contribution in [0.5, 0.6) is 5.75 Å². The highest BCUT2D eigenvalue weighted by Gasteiger charge is 2.46. The van der Waals surface area contributed by atoms with Crippen molar-refractivity contribution < 1.29 is 19.4 Å². The number of carbonyl (C=O) groups is 2. The molecule has 0 saturated carbocycles. The Morgan fingerprint density at radius 1 is 1.18 bits per heavy atom. The second kappa shape index (κ2) is 10.1. The van der Waals surface area contributed by atoms with Crippen LogP contribution in [0, 0.1) is 13.8 Å². The fraction of sp³-hybridized carbons (Fsp3) is 0.440. The number of benzene rings is 1. The number of aliphatic hydroxyl groups is 1. The Kier molecular flexibility index (Phi) is 7.48. The van der Waals surface area contributed by atoms with E-state index in [1.165, 1.54) is 6.20 Å². The summed E-state index contributed by atoms with van der Waals surface area (Å²) in [6.07, 6.45) is 2.21. The molecule has 1 unspecified atom stereocenters. The van der Waals surface area contributed by atoms with Gasteiger partial charge < -0.3 is 19.6 Å². The van der Waals surface area contributed by atoms with Crippen LogP contribution in [0.4, 0.5) is 0 Å². The number of rotatable bonds is 8. The van der Waals surface area contributed by atoms with Gasteiger partial charge in [0, 0.05) is 12.7 Å². The minimum Gasteiger partial charge on any atom is -0.507 e. The normalized spacial score (nSPS) is 17.9. The molecular formula is C25H32N4O4. The van der Waals surface area contributed by atoms with E-state index in [9.17, 15) is 14.7 Å². The smallest absolute Gasteiger partial charge is 0.295 e. The van der Waals surface area contributed by atoms with Crippen LogP contribution in [-0.2, 0) is 9.59 Å². The first-order valence-corrected chi connectivity index (χ1v) is 11.1. The van der Waals surface area contributed by atoms with Crippen LogP contribution >= 0.6 is 0 Å². The maximum atomic E-state index is 13.1. The van der Waals surface area contributed by atoms with Gasteiger partial charge >= 0.3 is 0 Å². The van der Waals surface area contributed by atoms with E-state index in [1.807, 2.05) is 57.1 Å². The van der Waals surface area contributed by atoms with Crippen molar-refractivity contribution >= 4 is 17.4 Å². The van der Waals surface area contributed by atoms with E-state index >= 15 is 0 Å². The third-order valence-electron chi connectivity index (χ3n) is 5.47. The Morgan fingerprint density at radius 3 is 2.42 bits per heavy atom. The summed E-state index contributed by atoms with van der Waals surface area (Å²) in [6.45, 7) is 8.53. The molecule has 1 aromatic heterocycles. The maximum Gasteiger partial charge on any atom is 0.295 e. The van der Waals surface area contributed by atoms with Crippen molar-refractivity contribution in [3.63, 3.8) is 0 Å². The second-order valence-corrected chi connectivity index (χ2v) is 8.80. The zero-order valence-electron chi connectivity index (χ0n) is 20.1. The topological polar surface area (TPSA) is 95.9 Å². The molecule has 1 aliphatic heterocycles. The summed E-state index contributed by atoms with van der Waals surface area (Å²) >= 11 is 0. The van der Waals surface area contributed by atoms with E-state index in [0.29, 0.717) is 35.8 Å². The lowest BCUT2D eigenvalue weighted by Gasteiger charge is -2.26. The minimum atomic E-state index is -0.707. The maximum absolute atomic E-state index is 13.1. The molecule has 1 saturated heterocycles. The Hall–Kier alpha value is -3.26. The van der Waals surface area contributed by atoms with Crippen LogP contribution in [0.2, 0.25) is 0 Å². The summed E-state index contributed by atoms with van der Waals surface area (Å²) < 4.78 is 5.73. The molecule has 33 heavy (non-hydrogen) atoms. The van der Waals surface area contributed by atoms with Crippen molar-refractivity contribution in [2.75, 3.05) is 27.2 Å². The summed E-state index contributed by atoms with van der Waals surface area (Å²) in [5.74, 6) is -0.321. The summed E-state index contributed by atoms with van der Waals surface area (Å²) in [5.41, 5.74) is 1.66. The predicted molar refractivity (Wildman–Crippen MR) is 126 cm³/mol. The Morgan fingerprint density at radius 2 is 1.85 bits per heavy atom. The highest BCUT2D eigenvalue weighted by molar-refractivity contribution is 6.46. The van der Waals surface area contributed by atoms with Gasteiger partial charge in [-0.3, -0.25) is 9.59 Å². The number of hydrogen-bond donors (Lipinski definition) is 1. The third-order valence-corrected chi connectivity index (χ3v) is 5.47. The van der Waals surface area contributed by atoms with Crippen molar-refractivity contribution in [3.05, 3.63) is 58.7 Å². The first-order valence-electron chi connectivity index (χ1n) is 11.1. The van der Waals surface area contributed by atoms with E-state index in [-0.39, 0.29) is 17.4 Å². The Labute approximate surface area is 194 Å². The van der Waals surface area contributed by atoms with Gasteiger partial charge in [0.05, 0.1) is 29.0 Å². The molecule has 1 fully saturated rings. The van der Waals surface area contributed by atoms with Crippen LogP contribution in [0.1, 0.15) is 49.0 Å². The standard InChI is InChI=1S/C25H32N4O4/c1-15(2)33-19-10-8-18(9-11-19)22-21(23(30)20-14-26-17(4)27-16(20)3)24(31)25(32)29(22)13-7-12-28(5)6/h8-11,14-15,22,30H,7,12-13H2,1-6H3. The van der Waals surface area contributed by atoms with Gasteiger partial charge in [-0.1, -0.05) is 12.1 Å². The molecule has 1 aromatic carbocycles. The summed E-state index contributed by atoms with van der Waals surface area (Å²) in [7, 11) is 3.92. The molecule has 0 radical (unpaired) electrons. The average molecular weight is 453 g/mol. The predicted octanol–water partition coefficient (Wildman–Crippen LogP) is 3.25. The summed E-state index contributed by atoms with van der Waals surface area (Å²) in [4.78, 5) is 38.2. The Balaban J connectivity index is 2.09. The first-order chi connectivity index (χ1) is 15.6. The number of amides is 1. The van der Waals surface area contributed by atoms with Gasteiger partial charge in [0.25, 0.3) is 11.7 Å². The number of Topliss-reactive ketones (excluding diaryl/α,β-unsaturated/α-hetero) is 1. The highest BCUT2D eigenvalue weighted by atomic mass is 16.5. The highest BCUT2D eigenvalue weighted by Crippen LogP contribution is 2.40. The number of carbonyl (C=O) groups excluding carboxylic acids is 2. The quantitative estimate of drug-likeness (QED) is 0.373. The molecule has 2 aromatic rings. The van der Waals surface area contributed by atoms with Crippen LogP contribution in [0.15, 0.2) is 36.0 Å². The molecule has 1 atom stereocenters. The summed E-state index contributed by atoms with van der Waals surface area (Å²) in [6, 6.07) is 6.59. The van der Waals surface area contributed by atoms with Gasteiger partial charge in [-0.15, -0.1) is 0 Å². The van der Waals surface area contributed by atoms with Gasteiger partial charge in [0.15, 0.2) is 0 Å². The molecule has 3 rings (SSSR count). The molecule has 8 heteroatoms. The first kappa shape index (κ1) is 24.4. The number of ether oxygens (including phenoxy) is 1. The fourth-order valence-corrected chi connectivity index (χ4v) is 3.98. The Bertz CT molecular complexity index is 1060. The van der Waals surface area contributed by atoms with Gasteiger partial charge in [0.2, 0.25) is 0 Å². The molecule has 0 bridgehead atoms. The van der Waals surface area contributed by atoms with Crippen LogP contribution < -0.4 is 4.74 Å². The van der Waals surface area contributed by atoms with E-state index < -0.39 is 17.7 Å². The summed E-state index contributed by atoms with van der Waals surface area (Å²) in [5, 5.41) is 11.2. The van der Waals surface area contributed by atoms with Gasteiger partial charge in [-0.25, -0.2) is 9.97 Å². The molecule has 1 amide bonds. The molecule has 2 heterocycles. The molecule has 8 nitrogen and oxygen atoms in total. The zero-order chi connectivity index (χ0) is 24.3. The zero-order valence-corrected chi connectivity index (χ0v) is 20.1. The molecule has 1 N–H and O–H groups in total. The molecular weight excluding hydrogens is 420 g/mol. The van der Waals surface area contributed by atoms with Gasteiger partial charge in [-0.2, -0.15) is 0 Å². The van der Waals surface area contributed by atoms with E-state index in [2.05, 4.69) is 9.97 Å². The lowest BCUT2D eigenvalue weighted by molar-refractivity contribution is -0.139. The molecule has 176 valence electrons. The minimum absolute atomic E-state index is 0.0250. The van der Waals surface area contributed by atoms with Crippen LogP contribution in [0.3, 0.4) is 0 Å². The van der Waals surface area contributed by atoms with Gasteiger partial charge in [0.1, 0.15) is 17.3 Å². The average Bonchev–Trinajstić information content (AvgIpc) is 2.98. The third kappa shape index (κ3) is 5.39. The second-order valence-electron chi connectivity index (χ2n) is 8.80. The number of ketones is 1.